The van der Waals surface area contributed by atoms with Crippen LogP contribution in [0.5, 0.6) is 0 Å². The van der Waals surface area contributed by atoms with Crippen molar-refractivity contribution in [3.05, 3.63) is 102 Å². The normalized spacial score (nSPS) is 14.2. The van der Waals surface area contributed by atoms with E-state index in [1.807, 2.05) is 48.5 Å². The standard InChI is InChI=1S/C26H19N5O/c32-26(29-14-16-8-11-27-12-9-16)24-18-5-2-1-4-17(18)23-19(24)6-3-7-20(23)25-30-21-10-13-28-15-22(21)31-25/h1-13,15,24H,14H2,(H,29,32)(H,30,31). The maximum atomic E-state index is 13.4. The van der Waals surface area contributed by atoms with Crippen molar-refractivity contribution >= 4 is 16.9 Å². The predicted molar refractivity (Wildman–Crippen MR) is 123 cm³/mol. The Balaban J connectivity index is 1.44. The van der Waals surface area contributed by atoms with Gasteiger partial charge in [-0.05, 0) is 46.0 Å². The number of rotatable bonds is 4. The Kier molecular flexibility index (Phi) is 4.28. The third-order valence-electron chi connectivity index (χ3n) is 5.97. The van der Waals surface area contributed by atoms with Crippen molar-refractivity contribution in [1.82, 2.24) is 25.3 Å². The number of pyridine rings is 2. The molecular formula is C26H19N5O. The number of hydrogen-bond donors (Lipinski definition) is 2. The predicted octanol–water partition coefficient (Wildman–Crippen LogP) is 4.45. The van der Waals surface area contributed by atoms with E-state index in [2.05, 4.69) is 32.4 Å². The van der Waals surface area contributed by atoms with Gasteiger partial charge in [-0.25, -0.2) is 4.98 Å². The lowest BCUT2D eigenvalue weighted by atomic mass is 9.94. The van der Waals surface area contributed by atoms with Crippen molar-refractivity contribution < 1.29 is 4.79 Å². The van der Waals surface area contributed by atoms with Gasteiger partial charge in [0.25, 0.3) is 0 Å². The largest absolute Gasteiger partial charge is 0.351 e. The van der Waals surface area contributed by atoms with E-state index in [-0.39, 0.29) is 11.8 Å². The van der Waals surface area contributed by atoms with Gasteiger partial charge in [0.2, 0.25) is 5.91 Å². The molecule has 3 aromatic heterocycles. The highest BCUT2D eigenvalue weighted by atomic mass is 16.1. The molecule has 6 heteroatoms. The van der Waals surface area contributed by atoms with Crippen LogP contribution in [0.2, 0.25) is 0 Å². The second-order valence-electron chi connectivity index (χ2n) is 7.84. The van der Waals surface area contributed by atoms with Gasteiger partial charge < -0.3 is 10.3 Å². The first-order valence-corrected chi connectivity index (χ1v) is 10.5. The number of fused-ring (bicyclic) bond motifs is 4. The summed E-state index contributed by atoms with van der Waals surface area (Å²) in [6.45, 7) is 0.464. The average Bonchev–Trinajstić information content (AvgIpc) is 3.42. The molecule has 0 saturated heterocycles. The number of nitrogens with zero attached hydrogens (tertiary/aromatic N) is 3. The van der Waals surface area contributed by atoms with Gasteiger partial charge in [-0.15, -0.1) is 0 Å². The number of amides is 1. The summed E-state index contributed by atoms with van der Waals surface area (Å²) >= 11 is 0. The molecule has 1 aliphatic rings. The third-order valence-corrected chi connectivity index (χ3v) is 5.97. The number of hydrogen-bond acceptors (Lipinski definition) is 4. The summed E-state index contributed by atoms with van der Waals surface area (Å²) in [5.41, 5.74) is 7.89. The molecule has 1 aliphatic carbocycles. The molecule has 2 aromatic carbocycles. The second-order valence-corrected chi connectivity index (χ2v) is 7.84. The zero-order valence-electron chi connectivity index (χ0n) is 17.1. The topological polar surface area (TPSA) is 83.6 Å². The highest BCUT2D eigenvalue weighted by Gasteiger charge is 2.35. The molecule has 154 valence electrons. The Morgan fingerprint density at radius 1 is 0.875 bits per heavy atom. The molecular weight excluding hydrogens is 398 g/mol. The summed E-state index contributed by atoms with van der Waals surface area (Å²) in [6, 6.07) is 19.9. The van der Waals surface area contributed by atoms with Crippen molar-refractivity contribution in [2.45, 2.75) is 12.5 Å². The van der Waals surface area contributed by atoms with E-state index < -0.39 is 0 Å². The lowest BCUT2D eigenvalue weighted by molar-refractivity contribution is -0.121. The van der Waals surface area contributed by atoms with Gasteiger partial charge in [-0.2, -0.15) is 0 Å². The van der Waals surface area contributed by atoms with Crippen LogP contribution in [0.25, 0.3) is 33.5 Å². The van der Waals surface area contributed by atoms with Crippen LogP contribution in [0.1, 0.15) is 22.6 Å². The van der Waals surface area contributed by atoms with E-state index in [0.29, 0.717) is 6.54 Å². The lowest BCUT2D eigenvalue weighted by Gasteiger charge is -2.14. The van der Waals surface area contributed by atoms with Crippen LogP contribution in [0, 0.1) is 0 Å². The summed E-state index contributed by atoms with van der Waals surface area (Å²) in [5, 5.41) is 3.10. The Labute approximate surface area is 184 Å². The SMILES string of the molecule is O=C(NCc1ccncc1)C1c2ccccc2-c2c(-c3nc4ccncc4[nH]3)cccc21. The third kappa shape index (κ3) is 2.96. The summed E-state index contributed by atoms with van der Waals surface area (Å²) in [5.74, 6) is 0.394. The van der Waals surface area contributed by atoms with Gasteiger partial charge in [0, 0.05) is 30.7 Å². The van der Waals surface area contributed by atoms with Crippen molar-refractivity contribution in [2.75, 3.05) is 0 Å². The lowest BCUT2D eigenvalue weighted by Crippen LogP contribution is -2.28. The number of carbonyl (C=O) groups is 1. The van der Waals surface area contributed by atoms with Crippen LogP contribution in [0.4, 0.5) is 0 Å². The minimum Gasteiger partial charge on any atom is -0.351 e. The van der Waals surface area contributed by atoms with E-state index in [0.717, 1.165) is 50.2 Å². The molecule has 5 aromatic rings. The van der Waals surface area contributed by atoms with Gasteiger partial charge in [0.1, 0.15) is 5.82 Å². The molecule has 6 nitrogen and oxygen atoms in total. The second kappa shape index (κ2) is 7.42. The van der Waals surface area contributed by atoms with E-state index >= 15 is 0 Å². The monoisotopic (exact) mass is 417 g/mol. The van der Waals surface area contributed by atoms with Crippen LogP contribution >= 0.6 is 0 Å². The van der Waals surface area contributed by atoms with Gasteiger partial charge in [0.15, 0.2) is 0 Å². The first kappa shape index (κ1) is 18.4. The molecule has 6 rings (SSSR count). The van der Waals surface area contributed by atoms with Crippen molar-refractivity contribution in [3.63, 3.8) is 0 Å². The van der Waals surface area contributed by atoms with Crippen LogP contribution in [-0.2, 0) is 11.3 Å². The summed E-state index contributed by atoms with van der Waals surface area (Å²) in [7, 11) is 0. The summed E-state index contributed by atoms with van der Waals surface area (Å²) in [6.07, 6.45) is 6.98. The molecule has 1 unspecified atom stereocenters. The van der Waals surface area contributed by atoms with Crippen LogP contribution in [0.15, 0.2) is 85.5 Å². The average molecular weight is 417 g/mol. The van der Waals surface area contributed by atoms with Crippen LogP contribution in [-0.4, -0.2) is 25.8 Å². The zero-order valence-corrected chi connectivity index (χ0v) is 17.1. The Morgan fingerprint density at radius 2 is 1.66 bits per heavy atom. The summed E-state index contributed by atoms with van der Waals surface area (Å²) < 4.78 is 0. The molecule has 32 heavy (non-hydrogen) atoms. The fourth-order valence-corrected chi connectivity index (χ4v) is 4.51. The highest BCUT2D eigenvalue weighted by Crippen LogP contribution is 2.48. The highest BCUT2D eigenvalue weighted by molar-refractivity contribution is 6.00. The van der Waals surface area contributed by atoms with Gasteiger partial charge in [0.05, 0.1) is 23.1 Å². The van der Waals surface area contributed by atoms with E-state index in [1.54, 1.807) is 24.8 Å². The Morgan fingerprint density at radius 3 is 2.53 bits per heavy atom. The van der Waals surface area contributed by atoms with E-state index in [9.17, 15) is 4.79 Å². The number of H-pyrrole nitrogens is 1. The van der Waals surface area contributed by atoms with Crippen LogP contribution in [0.3, 0.4) is 0 Å². The molecule has 3 heterocycles. The molecule has 1 amide bonds. The zero-order chi connectivity index (χ0) is 21.5. The van der Waals surface area contributed by atoms with Crippen molar-refractivity contribution in [1.29, 1.82) is 0 Å². The number of nitrogens with one attached hydrogen (secondary N) is 2. The quantitative estimate of drug-likeness (QED) is 0.453. The van der Waals surface area contributed by atoms with Gasteiger partial charge >= 0.3 is 0 Å². The number of aromatic amines is 1. The minimum atomic E-state index is -0.367. The van der Waals surface area contributed by atoms with E-state index in [1.165, 1.54) is 0 Å². The molecule has 0 aliphatic heterocycles. The Hall–Kier alpha value is -4.32. The first-order valence-electron chi connectivity index (χ1n) is 10.5. The van der Waals surface area contributed by atoms with Gasteiger partial charge in [-0.3, -0.25) is 14.8 Å². The first-order chi connectivity index (χ1) is 15.8. The minimum absolute atomic E-state index is 0.0148. The maximum Gasteiger partial charge on any atom is 0.232 e. The van der Waals surface area contributed by atoms with Crippen molar-refractivity contribution in [3.8, 4) is 22.5 Å². The fraction of sp³-hybridized carbons (Fsp3) is 0.0769. The Bertz CT molecular complexity index is 1420. The number of carbonyl (C=O) groups excluding carboxylic acids is 1. The smallest absolute Gasteiger partial charge is 0.232 e. The van der Waals surface area contributed by atoms with Crippen molar-refractivity contribution in [2.24, 2.45) is 0 Å². The molecule has 0 spiro atoms. The molecule has 0 fully saturated rings. The van der Waals surface area contributed by atoms with Crippen LogP contribution < -0.4 is 5.32 Å². The molecule has 2 N–H and O–H groups in total. The maximum absolute atomic E-state index is 13.4. The summed E-state index contributed by atoms with van der Waals surface area (Å²) in [4.78, 5) is 29.8. The molecule has 0 saturated carbocycles. The molecule has 1 atom stereocenters. The van der Waals surface area contributed by atoms with Gasteiger partial charge in [-0.1, -0.05) is 42.5 Å². The molecule has 0 radical (unpaired) electrons. The molecule has 0 bridgehead atoms. The number of aromatic nitrogens is 4. The fourth-order valence-electron chi connectivity index (χ4n) is 4.51. The van der Waals surface area contributed by atoms with E-state index in [4.69, 9.17) is 4.98 Å². The number of benzene rings is 2. The number of imidazole rings is 1.